The number of likely N-dealkylation sites (N-methyl/N-ethyl adjacent to an activating group) is 1. The summed E-state index contributed by atoms with van der Waals surface area (Å²) in [5.41, 5.74) is 1.24. The highest BCUT2D eigenvalue weighted by atomic mass is 35.5. The molecule has 1 aliphatic rings. The van der Waals surface area contributed by atoms with Crippen LogP contribution in [0, 0.1) is 12.8 Å². The number of carbonyl (C=O) groups is 3. The third-order valence-corrected chi connectivity index (χ3v) is 4.50. The molecule has 0 bridgehead atoms. The summed E-state index contributed by atoms with van der Waals surface area (Å²) in [6.07, 6.45) is 1.24. The Balaban J connectivity index is 2.00. The maximum Gasteiger partial charge on any atom is 0.308 e. The van der Waals surface area contributed by atoms with E-state index in [9.17, 15) is 14.4 Å². The Kier molecular flexibility index (Phi) is 5.83. The van der Waals surface area contributed by atoms with Crippen LogP contribution in [-0.2, 0) is 9.59 Å². The molecule has 1 heterocycles. The first-order valence-corrected chi connectivity index (χ1v) is 8.19. The molecular weight excluding hydrogens is 332 g/mol. The lowest BCUT2D eigenvalue weighted by Crippen LogP contribution is -2.47. The summed E-state index contributed by atoms with van der Waals surface area (Å²) in [7, 11) is 1.56. The van der Waals surface area contributed by atoms with Gasteiger partial charge in [0.2, 0.25) is 5.91 Å². The van der Waals surface area contributed by atoms with Crippen molar-refractivity contribution in [3.63, 3.8) is 0 Å². The van der Waals surface area contributed by atoms with Crippen molar-refractivity contribution in [2.75, 3.05) is 26.7 Å². The van der Waals surface area contributed by atoms with Crippen LogP contribution in [0.4, 0.5) is 0 Å². The molecule has 2 rings (SSSR count). The summed E-state index contributed by atoms with van der Waals surface area (Å²) in [6.45, 7) is 2.45. The van der Waals surface area contributed by atoms with Crippen LogP contribution in [0.15, 0.2) is 18.2 Å². The van der Waals surface area contributed by atoms with Crippen LogP contribution in [-0.4, -0.2) is 59.4 Å². The van der Waals surface area contributed by atoms with E-state index in [0.717, 1.165) is 5.56 Å². The standard InChI is InChI=1S/C17H21ClN2O4/c1-11-8-13(18)5-6-14(11)16(22)19(2)10-15(21)20-7-3-4-12(9-20)17(23)24/h5-6,8,12H,3-4,7,9-10H2,1-2H3,(H,23,24). The quantitative estimate of drug-likeness (QED) is 0.899. The van der Waals surface area contributed by atoms with Crippen LogP contribution < -0.4 is 0 Å². The van der Waals surface area contributed by atoms with Crippen LogP contribution in [0.3, 0.4) is 0 Å². The zero-order valence-electron chi connectivity index (χ0n) is 13.8. The number of nitrogens with zero attached hydrogens (tertiary/aromatic N) is 2. The zero-order valence-corrected chi connectivity index (χ0v) is 14.5. The molecule has 1 fully saturated rings. The third-order valence-electron chi connectivity index (χ3n) is 4.26. The van der Waals surface area contributed by atoms with Crippen molar-refractivity contribution in [1.29, 1.82) is 0 Å². The molecule has 0 aliphatic carbocycles. The first-order chi connectivity index (χ1) is 11.3. The smallest absolute Gasteiger partial charge is 0.308 e. The van der Waals surface area contributed by atoms with Crippen molar-refractivity contribution in [2.24, 2.45) is 5.92 Å². The van der Waals surface area contributed by atoms with Gasteiger partial charge in [0.25, 0.3) is 5.91 Å². The first kappa shape index (κ1) is 18.3. The van der Waals surface area contributed by atoms with Crippen LogP contribution in [0.2, 0.25) is 5.02 Å². The van der Waals surface area contributed by atoms with E-state index in [-0.39, 0.29) is 24.9 Å². The predicted octanol–water partition coefficient (Wildman–Crippen LogP) is 2.04. The van der Waals surface area contributed by atoms with E-state index >= 15 is 0 Å². The molecule has 7 heteroatoms. The highest BCUT2D eigenvalue weighted by molar-refractivity contribution is 6.30. The molecule has 0 spiro atoms. The average Bonchev–Trinajstić information content (AvgIpc) is 2.54. The molecule has 0 radical (unpaired) electrons. The largest absolute Gasteiger partial charge is 0.481 e. The topological polar surface area (TPSA) is 77.9 Å². The van der Waals surface area contributed by atoms with Gasteiger partial charge in [-0.2, -0.15) is 0 Å². The van der Waals surface area contributed by atoms with E-state index < -0.39 is 11.9 Å². The molecule has 1 aromatic carbocycles. The number of carboxylic acids is 1. The predicted molar refractivity (Wildman–Crippen MR) is 90.1 cm³/mol. The van der Waals surface area contributed by atoms with Gasteiger partial charge in [0, 0.05) is 30.7 Å². The van der Waals surface area contributed by atoms with Crippen molar-refractivity contribution >= 4 is 29.4 Å². The number of rotatable bonds is 4. The SMILES string of the molecule is Cc1cc(Cl)ccc1C(=O)N(C)CC(=O)N1CCCC(C(=O)O)C1. The van der Waals surface area contributed by atoms with E-state index in [2.05, 4.69) is 0 Å². The molecule has 0 aromatic heterocycles. The molecule has 1 saturated heterocycles. The number of likely N-dealkylation sites (tertiary alicyclic amines) is 1. The highest BCUT2D eigenvalue weighted by Crippen LogP contribution is 2.18. The van der Waals surface area contributed by atoms with E-state index in [1.807, 2.05) is 0 Å². The first-order valence-electron chi connectivity index (χ1n) is 7.81. The van der Waals surface area contributed by atoms with Crippen molar-refractivity contribution in [3.05, 3.63) is 34.3 Å². The Labute approximate surface area is 146 Å². The number of piperidine rings is 1. The monoisotopic (exact) mass is 352 g/mol. The molecule has 1 aromatic rings. The number of benzene rings is 1. The van der Waals surface area contributed by atoms with Crippen molar-refractivity contribution < 1.29 is 19.5 Å². The summed E-state index contributed by atoms with van der Waals surface area (Å²) in [5, 5.41) is 9.65. The van der Waals surface area contributed by atoms with Crippen molar-refractivity contribution in [3.8, 4) is 0 Å². The van der Waals surface area contributed by atoms with Crippen LogP contribution in [0.1, 0.15) is 28.8 Å². The Hall–Kier alpha value is -2.08. The molecule has 130 valence electrons. The Morgan fingerprint density at radius 2 is 2.08 bits per heavy atom. The zero-order chi connectivity index (χ0) is 17.9. The van der Waals surface area contributed by atoms with Gasteiger partial charge in [0.1, 0.15) is 0 Å². The fourth-order valence-electron chi connectivity index (χ4n) is 2.85. The van der Waals surface area contributed by atoms with E-state index in [4.69, 9.17) is 16.7 Å². The summed E-state index contributed by atoms with van der Waals surface area (Å²) in [4.78, 5) is 38.8. The maximum absolute atomic E-state index is 12.5. The number of aryl methyl sites for hydroxylation is 1. The van der Waals surface area contributed by atoms with Gasteiger partial charge in [0.05, 0.1) is 12.5 Å². The molecule has 1 atom stereocenters. The number of hydrogen-bond acceptors (Lipinski definition) is 3. The van der Waals surface area contributed by atoms with Crippen molar-refractivity contribution in [2.45, 2.75) is 19.8 Å². The molecule has 1 N–H and O–H groups in total. The summed E-state index contributed by atoms with van der Waals surface area (Å²) in [6, 6.07) is 4.98. The number of halogens is 1. The van der Waals surface area contributed by atoms with Crippen LogP contribution in [0.5, 0.6) is 0 Å². The molecule has 1 unspecified atom stereocenters. The number of amides is 2. The van der Waals surface area contributed by atoms with Gasteiger partial charge >= 0.3 is 5.97 Å². The molecule has 1 aliphatic heterocycles. The van der Waals surface area contributed by atoms with Crippen molar-refractivity contribution in [1.82, 2.24) is 9.80 Å². The molecule has 2 amide bonds. The third kappa shape index (κ3) is 4.26. The van der Waals surface area contributed by atoms with Gasteiger partial charge in [-0.15, -0.1) is 0 Å². The molecular formula is C17H21ClN2O4. The van der Waals surface area contributed by atoms with Gasteiger partial charge in [-0.1, -0.05) is 11.6 Å². The Bertz CT molecular complexity index is 662. The number of carboxylic acid groups (broad SMARTS) is 1. The lowest BCUT2D eigenvalue weighted by atomic mass is 9.98. The number of aliphatic carboxylic acids is 1. The van der Waals surface area contributed by atoms with E-state index in [1.54, 1.807) is 32.2 Å². The van der Waals surface area contributed by atoms with Crippen LogP contribution >= 0.6 is 11.6 Å². The average molecular weight is 353 g/mol. The number of hydrogen-bond donors (Lipinski definition) is 1. The maximum atomic E-state index is 12.5. The summed E-state index contributed by atoms with van der Waals surface area (Å²) in [5.74, 6) is -1.90. The highest BCUT2D eigenvalue weighted by Gasteiger charge is 2.29. The van der Waals surface area contributed by atoms with Gasteiger partial charge in [-0.3, -0.25) is 14.4 Å². The van der Waals surface area contributed by atoms with Gasteiger partial charge in [0.15, 0.2) is 0 Å². The Morgan fingerprint density at radius 1 is 1.38 bits per heavy atom. The summed E-state index contributed by atoms with van der Waals surface area (Å²) < 4.78 is 0. The van der Waals surface area contributed by atoms with Gasteiger partial charge in [-0.05, 0) is 43.5 Å². The minimum absolute atomic E-state index is 0.0762. The molecule has 0 saturated carbocycles. The van der Waals surface area contributed by atoms with Crippen LogP contribution in [0.25, 0.3) is 0 Å². The van der Waals surface area contributed by atoms with Gasteiger partial charge < -0.3 is 14.9 Å². The second-order valence-electron chi connectivity index (χ2n) is 6.14. The van der Waals surface area contributed by atoms with Gasteiger partial charge in [-0.25, -0.2) is 0 Å². The second-order valence-corrected chi connectivity index (χ2v) is 6.57. The Morgan fingerprint density at radius 3 is 2.71 bits per heavy atom. The lowest BCUT2D eigenvalue weighted by molar-refractivity contribution is -0.145. The summed E-state index contributed by atoms with van der Waals surface area (Å²) >= 11 is 5.89. The number of carbonyl (C=O) groups excluding carboxylic acids is 2. The second kappa shape index (κ2) is 7.66. The minimum atomic E-state index is -0.881. The normalized spacial score (nSPS) is 17.5. The molecule has 24 heavy (non-hydrogen) atoms. The van der Waals surface area contributed by atoms with E-state index in [1.165, 1.54) is 9.80 Å². The lowest BCUT2D eigenvalue weighted by Gasteiger charge is -2.32. The fraction of sp³-hybridized carbons (Fsp3) is 0.471. The minimum Gasteiger partial charge on any atom is -0.481 e. The van der Waals surface area contributed by atoms with E-state index in [0.29, 0.717) is 30.0 Å². The molecule has 6 nitrogen and oxygen atoms in total. The fourth-order valence-corrected chi connectivity index (χ4v) is 3.08.